The van der Waals surface area contributed by atoms with Crippen LogP contribution in [0.1, 0.15) is 22.2 Å². The van der Waals surface area contributed by atoms with Crippen LogP contribution in [0, 0.1) is 0 Å². The molecule has 3 aromatic rings. The zero-order chi connectivity index (χ0) is 24.0. The van der Waals surface area contributed by atoms with Gasteiger partial charge in [-0.15, -0.1) is 11.3 Å². The molecule has 1 heterocycles. The molecular formula is C22H17Cl2N3O5S. The lowest BCUT2D eigenvalue weighted by molar-refractivity contribution is -0.136. The minimum Gasteiger partial charge on any atom is -0.493 e. The highest BCUT2D eigenvalue weighted by molar-refractivity contribution is 7.12. The number of halogens is 2. The van der Waals surface area contributed by atoms with Crippen LogP contribution >= 0.6 is 34.5 Å². The molecule has 0 spiro atoms. The Morgan fingerprint density at radius 1 is 0.970 bits per heavy atom. The van der Waals surface area contributed by atoms with Gasteiger partial charge < -0.3 is 14.8 Å². The summed E-state index contributed by atoms with van der Waals surface area (Å²) >= 11 is 13.0. The van der Waals surface area contributed by atoms with Crippen LogP contribution in [0.5, 0.6) is 11.5 Å². The molecule has 0 fully saturated rings. The molecule has 2 amide bonds. The fourth-order valence-corrected chi connectivity index (χ4v) is 3.43. The van der Waals surface area contributed by atoms with Crippen molar-refractivity contribution < 1.29 is 23.9 Å². The van der Waals surface area contributed by atoms with Gasteiger partial charge in [0.05, 0.1) is 22.9 Å². The summed E-state index contributed by atoms with van der Waals surface area (Å²) in [5.74, 6) is -1.87. The van der Waals surface area contributed by atoms with Crippen molar-refractivity contribution >= 4 is 63.7 Å². The van der Waals surface area contributed by atoms with Crippen molar-refractivity contribution in [2.45, 2.75) is 6.92 Å². The fourth-order valence-electron chi connectivity index (χ4n) is 2.53. The van der Waals surface area contributed by atoms with Gasteiger partial charge in [-0.1, -0.05) is 29.3 Å². The summed E-state index contributed by atoms with van der Waals surface area (Å²) < 4.78 is 10.7. The minimum atomic E-state index is -0.978. The second kappa shape index (κ2) is 11.0. The number of carbonyl (C=O) groups is 3. The molecule has 2 N–H and O–H groups in total. The van der Waals surface area contributed by atoms with E-state index in [1.165, 1.54) is 36.6 Å². The predicted molar refractivity (Wildman–Crippen MR) is 128 cm³/mol. The lowest BCUT2D eigenvalue weighted by atomic mass is 10.1. The number of hydrogen-bond acceptors (Lipinski definition) is 7. The van der Waals surface area contributed by atoms with E-state index in [9.17, 15) is 14.4 Å². The summed E-state index contributed by atoms with van der Waals surface area (Å²) in [7, 11) is 1.43. The maximum absolute atomic E-state index is 12.2. The fraction of sp³-hybridized carbons (Fsp3) is 0.0909. The van der Waals surface area contributed by atoms with Gasteiger partial charge in [-0.3, -0.25) is 9.59 Å². The Bertz CT molecular complexity index is 1230. The Balaban J connectivity index is 1.65. The predicted octanol–water partition coefficient (Wildman–Crippen LogP) is 4.76. The number of methoxy groups -OCH3 is 1. The molecule has 0 saturated heterocycles. The maximum Gasteiger partial charge on any atom is 0.353 e. The molecule has 11 heteroatoms. The summed E-state index contributed by atoms with van der Waals surface area (Å²) in [5, 5.41) is 8.67. The van der Waals surface area contributed by atoms with Crippen LogP contribution in [0.4, 0.5) is 5.69 Å². The van der Waals surface area contributed by atoms with E-state index in [0.29, 0.717) is 32.6 Å². The number of ether oxygens (including phenoxy) is 2. The number of benzene rings is 2. The SMILES string of the molecule is COc1cc(C(C)=NNC(=O)C(=O)Nc2ccc(Cl)c(Cl)c2)ccc1OC(=O)c1cccs1. The number of anilines is 1. The number of rotatable bonds is 6. The molecule has 1 aromatic heterocycles. The first-order valence-corrected chi connectivity index (χ1v) is 11.0. The van der Waals surface area contributed by atoms with Crippen molar-refractivity contribution in [3.8, 4) is 11.5 Å². The van der Waals surface area contributed by atoms with Crippen LogP contribution in [-0.2, 0) is 9.59 Å². The molecule has 33 heavy (non-hydrogen) atoms. The van der Waals surface area contributed by atoms with Crippen LogP contribution in [-0.4, -0.2) is 30.6 Å². The van der Waals surface area contributed by atoms with Gasteiger partial charge in [-0.25, -0.2) is 10.2 Å². The number of nitrogens with zero attached hydrogens (tertiary/aromatic N) is 1. The van der Waals surface area contributed by atoms with E-state index in [0.717, 1.165) is 0 Å². The van der Waals surface area contributed by atoms with Crippen molar-refractivity contribution in [1.29, 1.82) is 0 Å². The van der Waals surface area contributed by atoms with Crippen LogP contribution < -0.4 is 20.2 Å². The van der Waals surface area contributed by atoms with Gasteiger partial charge in [-0.2, -0.15) is 5.10 Å². The molecule has 8 nitrogen and oxygen atoms in total. The highest BCUT2D eigenvalue weighted by Gasteiger charge is 2.16. The van der Waals surface area contributed by atoms with Gasteiger partial charge in [-0.05, 0) is 54.8 Å². The van der Waals surface area contributed by atoms with Gasteiger partial charge in [0, 0.05) is 11.3 Å². The number of hydrazone groups is 1. The van der Waals surface area contributed by atoms with E-state index in [1.54, 1.807) is 42.6 Å². The first-order chi connectivity index (χ1) is 15.8. The maximum atomic E-state index is 12.2. The molecule has 0 aliphatic heterocycles. The number of thiophene rings is 1. The lowest BCUT2D eigenvalue weighted by Gasteiger charge is -2.11. The van der Waals surface area contributed by atoms with E-state index < -0.39 is 17.8 Å². The summed E-state index contributed by atoms with van der Waals surface area (Å²) in [6.45, 7) is 1.63. The molecule has 170 valence electrons. The normalized spacial score (nSPS) is 11.0. The zero-order valence-corrected chi connectivity index (χ0v) is 19.7. The third-order valence-corrected chi connectivity index (χ3v) is 5.80. The van der Waals surface area contributed by atoms with E-state index in [1.807, 2.05) is 0 Å². The van der Waals surface area contributed by atoms with E-state index in [2.05, 4.69) is 15.8 Å². The number of nitrogens with one attached hydrogen (secondary N) is 2. The number of hydrogen-bond donors (Lipinski definition) is 2. The molecule has 0 saturated carbocycles. The molecule has 0 aliphatic carbocycles. The van der Waals surface area contributed by atoms with Gasteiger partial charge in [0.2, 0.25) is 0 Å². The Morgan fingerprint density at radius 2 is 1.76 bits per heavy atom. The Hall–Kier alpha value is -3.40. The van der Waals surface area contributed by atoms with Crippen molar-refractivity contribution in [3.63, 3.8) is 0 Å². The average molecular weight is 506 g/mol. The number of carbonyl (C=O) groups excluding carboxylic acids is 3. The second-order valence-electron chi connectivity index (χ2n) is 6.45. The van der Waals surface area contributed by atoms with Crippen molar-refractivity contribution in [3.05, 3.63) is 74.4 Å². The highest BCUT2D eigenvalue weighted by atomic mass is 35.5. The second-order valence-corrected chi connectivity index (χ2v) is 8.22. The van der Waals surface area contributed by atoms with Crippen LogP contribution in [0.15, 0.2) is 59.0 Å². The molecule has 3 rings (SSSR count). The molecule has 0 aliphatic rings. The summed E-state index contributed by atoms with van der Waals surface area (Å²) in [4.78, 5) is 36.8. The van der Waals surface area contributed by atoms with E-state index in [4.69, 9.17) is 32.7 Å². The Labute approximate surface area is 203 Å². The number of esters is 1. The summed E-state index contributed by atoms with van der Waals surface area (Å²) in [6, 6.07) is 12.6. The van der Waals surface area contributed by atoms with Crippen LogP contribution in [0.2, 0.25) is 10.0 Å². The molecule has 0 radical (unpaired) electrons. The van der Waals surface area contributed by atoms with E-state index in [-0.39, 0.29) is 10.8 Å². The summed E-state index contributed by atoms with van der Waals surface area (Å²) in [5.41, 5.74) is 3.46. The van der Waals surface area contributed by atoms with Gasteiger partial charge in [0.25, 0.3) is 0 Å². The van der Waals surface area contributed by atoms with Gasteiger partial charge in [0.15, 0.2) is 11.5 Å². The Kier molecular flexibility index (Phi) is 8.05. The Morgan fingerprint density at radius 3 is 2.42 bits per heavy atom. The highest BCUT2D eigenvalue weighted by Crippen LogP contribution is 2.29. The van der Waals surface area contributed by atoms with Crippen molar-refractivity contribution in [2.24, 2.45) is 5.10 Å². The smallest absolute Gasteiger partial charge is 0.353 e. The third kappa shape index (κ3) is 6.32. The van der Waals surface area contributed by atoms with E-state index >= 15 is 0 Å². The summed E-state index contributed by atoms with van der Waals surface area (Å²) in [6.07, 6.45) is 0. The quantitative estimate of drug-likeness (QED) is 0.165. The van der Waals surface area contributed by atoms with Crippen molar-refractivity contribution in [1.82, 2.24) is 5.43 Å². The number of amides is 2. The van der Waals surface area contributed by atoms with Crippen molar-refractivity contribution in [2.75, 3.05) is 12.4 Å². The topological polar surface area (TPSA) is 106 Å². The molecule has 0 unspecified atom stereocenters. The zero-order valence-electron chi connectivity index (χ0n) is 17.3. The standard InChI is InChI=1S/C22H17Cl2N3O5S/c1-12(26-27-21(29)20(28)25-14-6-7-15(23)16(24)11-14)13-5-8-17(18(10-13)31-2)32-22(30)19-4-3-9-33-19/h3-11H,1-2H3,(H,25,28)(H,27,29). The monoisotopic (exact) mass is 505 g/mol. The molecule has 0 atom stereocenters. The van der Waals surface area contributed by atoms with Gasteiger partial charge >= 0.3 is 17.8 Å². The molecule has 2 aromatic carbocycles. The average Bonchev–Trinajstić information content (AvgIpc) is 3.35. The molecular weight excluding hydrogens is 489 g/mol. The largest absolute Gasteiger partial charge is 0.493 e. The van der Waals surface area contributed by atoms with Crippen LogP contribution in [0.25, 0.3) is 0 Å². The molecule has 0 bridgehead atoms. The first-order valence-electron chi connectivity index (χ1n) is 9.33. The van der Waals surface area contributed by atoms with Crippen LogP contribution in [0.3, 0.4) is 0 Å². The lowest BCUT2D eigenvalue weighted by Crippen LogP contribution is -2.32. The minimum absolute atomic E-state index is 0.234. The third-order valence-electron chi connectivity index (χ3n) is 4.22. The van der Waals surface area contributed by atoms with Gasteiger partial charge in [0.1, 0.15) is 4.88 Å². The first kappa shape index (κ1) is 24.2.